The molecule has 0 aromatic carbocycles. The summed E-state index contributed by atoms with van der Waals surface area (Å²) in [5, 5.41) is 7.51. The van der Waals surface area contributed by atoms with E-state index in [2.05, 4.69) is 15.4 Å². The van der Waals surface area contributed by atoms with Crippen LogP contribution in [0.2, 0.25) is 0 Å². The Bertz CT molecular complexity index is 490. The summed E-state index contributed by atoms with van der Waals surface area (Å²) in [6.45, 7) is 2.99. The summed E-state index contributed by atoms with van der Waals surface area (Å²) >= 11 is 0. The molecule has 1 aliphatic heterocycles. The molecule has 2 aromatic heterocycles. The van der Waals surface area contributed by atoms with E-state index in [0.29, 0.717) is 5.88 Å². The molecule has 1 fully saturated rings. The summed E-state index contributed by atoms with van der Waals surface area (Å²) < 4.78 is 7.52. The van der Waals surface area contributed by atoms with Crippen molar-refractivity contribution in [2.24, 2.45) is 5.92 Å². The van der Waals surface area contributed by atoms with Gasteiger partial charge in [0.2, 0.25) is 5.88 Å². The van der Waals surface area contributed by atoms with Crippen LogP contribution in [-0.2, 0) is 0 Å². The zero-order chi connectivity index (χ0) is 11.5. The summed E-state index contributed by atoms with van der Waals surface area (Å²) in [4.78, 5) is 4.24. The Morgan fingerprint density at radius 2 is 2.47 bits per heavy atom. The Morgan fingerprint density at radius 1 is 1.47 bits per heavy atom. The molecule has 0 saturated carbocycles. The molecule has 0 amide bonds. The minimum absolute atomic E-state index is 0.677. The summed E-state index contributed by atoms with van der Waals surface area (Å²) in [5.74, 6) is 1.43. The number of rotatable bonds is 4. The van der Waals surface area contributed by atoms with Gasteiger partial charge in [-0.25, -0.2) is 9.50 Å². The minimum atomic E-state index is 0.677. The molecule has 0 radical (unpaired) electrons. The summed E-state index contributed by atoms with van der Waals surface area (Å²) in [7, 11) is 0. The smallest absolute Gasteiger partial charge is 0.240 e. The van der Waals surface area contributed by atoms with Crippen molar-refractivity contribution in [3.63, 3.8) is 0 Å². The van der Waals surface area contributed by atoms with E-state index in [4.69, 9.17) is 4.74 Å². The summed E-state index contributed by atoms with van der Waals surface area (Å²) in [5.41, 5.74) is 0.928. The van der Waals surface area contributed by atoms with Crippen molar-refractivity contribution in [2.45, 2.75) is 12.8 Å². The molecule has 2 aromatic rings. The molecule has 5 nitrogen and oxygen atoms in total. The Morgan fingerprint density at radius 3 is 3.35 bits per heavy atom. The van der Waals surface area contributed by atoms with Crippen molar-refractivity contribution in [1.82, 2.24) is 19.9 Å². The first-order valence-electron chi connectivity index (χ1n) is 6.05. The fourth-order valence-electron chi connectivity index (χ4n) is 2.23. The maximum absolute atomic E-state index is 5.74. The number of nitrogens with zero attached hydrogens (tertiary/aromatic N) is 3. The molecular formula is C12H16N4O. The van der Waals surface area contributed by atoms with Crippen LogP contribution in [0.3, 0.4) is 0 Å². The van der Waals surface area contributed by atoms with Crippen LogP contribution in [0.15, 0.2) is 24.7 Å². The molecular weight excluding hydrogens is 216 g/mol. The average molecular weight is 232 g/mol. The third-order valence-electron chi connectivity index (χ3n) is 3.22. The molecule has 90 valence electrons. The zero-order valence-electron chi connectivity index (χ0n) is 9.67. The summed E-state index contributed by atoms with van der Waals surface area (Å²) in [6, 6.07) is 1.92. The lowest BCUT2D eigenvalue weighted by Crippen LogP contribution is -2.12. The number of hydrogen-bond acceptors (Lipinski definition) is 4. The van der Waals surface area contributed by atoms with Crippen LogP contribution in [0, 0.1) is 5.92 Å². The number of ether oxygens (including phenoxy) is 1. The lowest BCUT2D eigenvalue weighted by atomic mass is 10.1. The molecule has 5 heteroatoms. The van der Waals surface area contributed by atoms with E-state index in [1.807, 2.05) is 12.3 Å². The van der Waals surface area contributed by atoms with E-state index >= 15 is 0 Å². The highest BCUT2D eigenvalue weighted by Crippen LogP contribution is 2.17. The quantitative estimate of drug-likeness (QED) is 0.858. The van der Waals surface area contributed by atoms with Gasteiger partial charge in [-0.15, -0.1) is 0 Å². The molecule has 17 heavy (non-hydrogen) atoms. The number of fused-ring (bicyclic) bond motifs is 1. The minimum Gasteiger partial charge on any atom is -0.476 e. The number of aromatic nitrogens is 3. The highest BCUT2D eigenvalue weighted by atomic mass is 16.5. The molecule has 1 aliphatic rings. The zero-order valence-corrected chi connectivity index (χ0v) is 9.67. The Hall–Kier alpha value is -1.62. The van der Waals surface area contributed by atoms with E-state index in [1.165, 1.54) is 6.42 Å². The Kier molecular flexibility index (Phi) is 2.92. The van der Waals surface area contributed by atoms with Crippen LogP contribution in [0.1, 0.15) is 12.8 Å². The van der Waals surface area contributed by atoms with Gasteiger partial charge in [-0.05, 0) is 37.9 Å². The van der Waals surface area contributed by atoms with Crippen molar-refractivity contribution < 1.29 is 4.74 Å². The van der Waals surface area contributed by atoms with Gasteiger partial charge < -0.3 is 10.1 Å². The van der Waals surface area contributed by atoms with Gasteiger partial charge in [0.25, 0.3) is 0 Å². The molecule has 1 atom stereocenters. The van der Waals surface area contributed by atoms with Gasteiger partial charge in [0.05, 0.1) is 12.8 Å². The van der Waals surface area contributed by atoms with Crippen molar-refractivity contribution >= 4 is 5.52 Å². The van der Waals surface area contributed by atoms with Crippen molar-refractivity contribution in [3.8, 4) is 5.88 Å². The first kappa shape index (κ1) is 10.5. The summed E-state index contributed by atoms with van der Waals surface area (Å²) in [6.07, 6.45) is 7.64. The monoisotopic (exact) mass is 232 g/mol. The van der Waals surface area contributed by atoms with Crippen LogP contribution in [0.5, 0.6) is 5.88 Å². The predicted octanol–water partition coefficient (Wildman–Crippen LogP) is 1.11. The first-order valence-corrected chi connectivity index (χ1v) is 6.05. The van der Waals surface area contributed by atoms with Crippen molar-refractivity contribution in [3.05, 3.63) is 24.7 Å². The van der Waals surface area contributed by atoms with Gasteiger partial charge >= 0.3 is 0 Å². The Labute approximate surface area is 99.8 Å². The maximum Gasteiger partial charge on any atom is 0.240 e. The highest BCUT2D eigenvalue weighted by molar-refractivity contribution is 5.54. The van der Waals surface area contributed by atoms with Crippen molar-refractivity contribution in [1.29, 1.82) is 0 Å². The molecule has 0 aliphatic carbocycles. The van der Waals surface area contributed by atoms with E-state index in [1.54, 1.807) is 16.9 Å². The second-order valence-electron chi connectivity index (χ2n) is 4.39. The highest BCUT2D eigenvalue weighted by Gasteiger charge is 2.14. The van der Waals surface area contributed by atoms with Crippen molar-refractivity contribution in [2.75, 3.05) is 19.7 Å². The molecule has 0 spiro atoms. The molecule has 0 bridgehead atoms. The number of nitrogens with one attached hydrogen (secondary N) is 1. The van der Waals surface area contributed by atoms with E-state index < -0.39 is 0 Å². The molecule has 1 saturated heterocycles. The first-order chi connectivity index (χ1) is 8.43. The molecule has 3 rings (SSSR count). The molecule has 1 N–H and O–H groups in total. The predicted molar refractivity (Wildman–Crippen MR) is 64.1 cm³/mol. The van der Waals surface area contributed by atoms with Gasteiger partial charge in [-0.2, -0.15) is 5.10 Å². The SMILES string of the molecule is c1cn2nccc2c(OCCC2CCNC2)n1. The average Bonchev–Trinajstić information content (AvgIpc) is 2.99. The Balaban J connectivity index is 1.62. The standard InChI is InChI=1S/C12H16N4O/c1-4-13-9-10(1)3-8-17-12-11-2-5-15-16(11)7-6-14-12/h2,5-7,10,13H,1,3-4,8-9H2. The van der Waals surface area contributed by atoms with E-state index in [-0.39, 0.29) is 0 Å². The van der Waals surface area contributed by atoms with Gasteiger partial charge in [0.1, 0.15) is 5.52 Å². The molecule has 3 heterocycles. The lowest BCUT2D eigenvalue weighted by Gasteiger charge is -2.09. The van der Waals surface area contributed by atoms with Gasteiger partial charge in [0.15, 0.2) is 0 Å². The van der Waals surface area contributed by atoms with Crippen LogP contribution < -0.4 is 10.1 Å². The third-order valence-corrected chi connectivity index (χ3v) is 3.22. The van der Waals surface area contributed by atoms with Crippen LogP contribution in [-0.4, -0.2) is 34.3 Å². The topological polar surface area (TPSA) is 51.5 Å². The normalized spacial score (nSPS) is 19.9. The number of hydrogen-bond donors (Lipinski definition) is 1. The fourth-order valence-corrected chi connectivity index (χ4v) is 2.23. The van der Waals surface area contributed by atoms with Crippen LogP contribution >= 0.6 is 0 Å². The largest absolute Gasteiger partial charge is 0.476 e. The van der Waals surface area contributed by atoms with Crippen LogP contribution in [0.25, 0.3) is 5.52 Å². The lowest BCUT2D eigenvalue weighted by molar-refractivity contribution is 0.276. The van der Waals surface area contributed by atoms with Gasteiger partial charge in [-0.3, -0.25) is 0 Å². The second kappa shape index (κ2) is 4.71. The second-order valence-corrected chi connectivity index (χ2v) is 4.39. The third kappa shape index (κ3) is 2.24. The van der Waals surface area contributed by atoms with E-state index in [0.717, 1.165) is 37.6 Å². The van der Waals surface area contributed by atoms with E-state index in [9.17, 15) is 0 Å². The molecule has 1 unspecified atom stereocenters. The maximum atomic E-state index is 5.74. The fraction of sp³-hybridized carbons (Fsp3) is 0.500. The van der Waals surface area contributed by atoms with Gasteiger partial charge in [0, 0.05) is 12.4 Å². The van der Waals surface area contributed by atoms with Crippen LogP contribution in [0.4, 0.5) is 0 Å². The van der Waals surface area contributed by atoms with Gasteiger partial charge in [-0.1, -0.05) is 0 Å².